The van der Waals surface area contributed by atoms with E-state index in [1.807, 2.05) is 0 Å². The lowest BCUT2D eigenvalue weighted by Gasteiger charge is -2.18. The average Bonchev–Trinajstić information content (AvgIpc) is 2.31. The highest BCUT2D eigenvalue weighted by Crippen LogP contribution is 2.25. The van der Waals surface area contributed by atoms with Gasteiger partial charge in [-0.05, 0) is 13.0 Å². The van der Waals surface area contributed by atoms with E-state index in [0.717, 1.165) is 0 Å². The molecule has 0 aliphatic carbocycles. The standard InChI is InChI=1S/C11H13ClFNO3/c1-2-17-11(16)9(14)10(15)6-4-3-5-7(12)8(6)13/h3-5,9-10,15H,2,14H2,1H3. The van der Waals surface area contributed by atoms with Crippen LogP contribution >= 0.6 is 11.6 Å². The van der Waals surface area contributed by atoms with Crippen molar-refractivity contribution in [2.24, 2.45) is 5.73 Å². The summed E-state index contributed by atoms with van der Waals surface area (Å²) in [5.74, 6) is -1.58. The first kappa shape index (κ1) is 13.9. The summed E-state index contributed by atoms with van der Waals surface area (Å²) in [4.78, 5) is 11.3. The Morgan fingerprint density at radius 3 is 2.88 bits per heavy atom. The highest BCUT2D eigenvalue weighted by molar-refractivity contribution is 6.30. The molecule has 0 aromatic heterocycles. The van der Waals surface area contributed by atoms with Crippen molar-refractivity contribution in [3.63, 3.8) is 0 Å². The number of ether oxygens (including phenoxy) is 1. The summed E-state index contributed by atoms with van der Waals surface area (Å²) in [6.45, 7) is 1.74. The van der Waals surface area contributed by atoms with Gasteiger partial charge in [0.1, 0.15) is 18.0 Å². The van der Waals surface area contributed by atoms with Crippen molar-refractivity contribution < 1.29 is 19.0 Å². The van der Waals surface area contributed by atoms with Gasteiger partial charge in [-0.15, -0.1) is 0 Å². The average molecular weight is 262 g/mol. The van der Waals surface area contributed by atoms with Crippen molar-refractivity contribution in [1.29, 1.82) is 0 Å². The van der Waals surface area contributed by atoms with Gasteiger partial charge in [0.05, 0.1) is 11.6 Å². The molecule has 0 saturated heterocycles. The SMILES string of the molecule is CCOC(=O)C(N)C(O)c1cccc(Cl)c1F. The fourth-order valence-corrected chi connectivity index (χ4v) is 1.49. The lowest BCUT2D eigenvalue weighted by molar-refractivity contribution is -0.147. The van der Waals surface area contributed by atoms with Crippen molar-refractivity contribution in [2.75, 3.05) is 6.61 Å². The summed E-state index contributed by atoms with van der Waals surface area (Å²) in [6, 6.07) is 2.76. The Bertz CT molecular complexity index is 414. The number of hydrogen-bond donors (Lipinski definition) is 2. The van der Waals surface area contributed by atoms with Crippen LogP contribution in [0.15, 0.2) is 18.2 Å². The molecule has 2 atom stereocenters. The number of benzene rings is 1. The second-order valence-corrected chi connectivity index (χ2v) is 3.77. The predicted octanol–water partition coefficient (Wildman–Crippen LogP) is 1.40. The van der Waals surface area contributed by atoms with Gasteiger partial charge in [0.2, 0.25) is 0 Å². The molecule has 1 aromatic rings. The number of nitrogens with two attached hydrogens (primary N) is 1. The number of halogens is 2. The molecule has 0 amide bonds. The third kappa shape index (κ3) is 3.15. The molecular formula is C11H13ClFNO3. The number of esters is 1. The molecule has 0 aliphatic heterocycles. The molecular weight excluding hydrogens is 249 g/mol. The van der Waals surface area contributed by atoms with Crippen LogP contribution in [0, 0.1) is 5.82 Å². The van der Waals surface area contributed by atoms with Crippen molar-refractivity contribution >= 4 is 17.6 Å². The van der Waals surface area contributed by atoms with Gasteiger partial charge in [0, 0.05) is 5.56 Å². The van der Waals surface area contributed by atoms with E-state index in [-0.39, 0.29) is 17.2 Å². The van der Waals surface area contributed by atoms with Crippen LogP contribution in [-0.4, -0.2) is 23.7 Å². The topological polar surface area (TPSA) is 72.5 Å². The van der Waals surface area contributed by atoms with E-state index in [9.17, 15) is 14.3 Å². The Labute approximate surface area is 103 Å². The van der Waals surface area contributed by atoms with E-state index in [4.69, 9.17) is 17.3 Å². The van der Waals surface area contributed by atoms with Crippen LogP contribution in [0.2, 0.25) is 5.02 Å². The normalized spacial score (nSPS) is 14.2. The molecule has 0 spiro atoms. The minimum Gasteiger partial charge on any atom is -0.465 e. The highest BCUT2D eigenvalue weighted by Gasteiger charge is 2.28. The number of rotatable bonds is 4. The maximum absolute atomic E-state index is 13.6. The van der Waals surface area contributed by atoms with Gasteiger partial charge in [-0.2, -0.15) is 0 Å². The van der Waals surface area contributed by atoms with E-state index in [0.29, 0.717) is 0 Å². The Morgan fingerprint density at radius 2 is 2.29 bits per heavy atom. The van der Waals surface area contributed by atoms with Crippen molar-refractivity contribution in [2.45, 2.75) is 19.1 Å². The van der Waals surface area contributed by atoms with Gasteiger partial charge in [0.15, 0.2) is 0 Å². The van der Waals surface area contributed by atoms with Gasteiger partial charge in [-0.25, -0.2) is 4.39 Å². The third-order valence-electron chi connectivity index (χ3n) is 2.20. The maximum atomic E-state index is 13.6. The molecule has 0 fully saturated rings. The van der Waals surface area contributed by atoms with E-state index >= 15 is 0 Å². The number of carbonyl (C=O) groups is 1. The van der Waals surface area contributed by atoms with E-state index < -0.39 is 23.9 Å². The minimum absolute atomic E-state index is 0.127. The molecule has 3 N–H and O–H groups in total. The van der Waals surface area contributed by atoms with Crippen LogP contribution in [-0.2, 0) is 9.53 Å². The minimum atomic E-state index is -1.49. The monoisotopic (exact) mass is 261 g/mol. The molecule has 94 valence electrons. The van der Waals surface area contributed by atoms with E-state index in [1.54, 1.807) is 6.92 Å². The second-order valence-electron chi connectivity index (χ2n) is 3.37. The first-order chi connectivity index (χ1) is 7.99. The molecule has 1 rings (SSSR count). The zero-order chi connectivity index (χ0) is 13.0. The Balaban J connectivity index is 2.92. The van der Waals surface area contributed by atoms with Crippen molar-refractivity contribution in [1.82, 2.24) is 0 Å². The maximum Gasteiger partial charge on any atom is 0.325 e. The molecule has 2 unspecified atom stereocenters. The summed E-state index contributed by atoms with van der Waals surface area (Å²) in [6.07, 6.45) is -1.49. The molecule has 1 aromatic carbocycles. The zero-order valence-corrected chi connectivity index (χ0v) is 9.95. The largest absolute Gasteiger partial charge is 0.465 e. The van der Waals surface area contributed by atoms with E-state index in [1.165, 1.54) is 18.2 Å². The first-order valence-electron chi connectivity index (χ1n) is 5.03. The summed E-state index contributed by atoms with van der Waals surface area (Å²) < 4.78 is 18.2. The second kappa shape index (κ2) is 5.95. The molecule has 0 radical (unpaired) electrons. The van der Waals surface area contributed by atoms with Crippen molar-refractivity contribution in [3.05, 3.63) is 34.6 Å². The fourth-order valence-electron chi connectivity index (χ4n) is 1.31. The van der Waals surface area contributed by atoms with Crippen LogP contribution < -0.4 is 5.73 Å². The van der Waals surface area contributed by atoms with Gasteiger partial charge >= 0.3 is 5.97 Å². The van der Waals surface area contributed by atoms with Crippen LogP contribution in [0.4, 0.5) is 4.39 Å². The highest BCUT2D eigenvalue weighted by atomic mass is 35.5. The molecule has 0 heterocycles. The Kier molecular flexibility index (Phi) is 4.86. The first-order valence-corrected chi connectivity index (χ1v) is 5.41. The smallest absolute Gasteiger partial charge is 0.325 e. The summed E-state index contributed by atoms with van der Waals surface area (Å²) in [5.41, 5.74) is 5.34. The van der Waals surface area contributed by atoms with Gasteiger partial charge in [0.25, 0.3) is 0 Å². The molecule has 0 saturated carbocycles. The summed E-state index contributed by atoms with van der Waals surface area (Å²) in [5, 5.41) is 9.63. The van der Waals surface area contributed by atoms with Crippen LogP contribution in [0.5, 0.6) is 0 Å². The molecule has 17 heavy (non-hydrogen) atoms. The van der Waals surface area contributed by atoms with Gasteiger partial charge in [-0.3, -0.25) is 4.79 Å². The van der Waals surface area contributed by atoms with Crippen LogP contribution in [0.3, 0.4) is 0 Å². The molecule has 0 bridgehead atoms. The third-order valence-corrected chi connectivity index (χ3v) is 2.49. The zero-order valence-electron chi connectivity index (χ0n) is 9.19. The van der Waals surface area contributed by atoms with Gasteiger partial charge < -0.3 is 15.6 Å². The number of aliphatic hydroxyl groups is 1. The molecule has 6 heteroatoms. The quantitative estimate of drug-likeness (QED) is 0.804. The number of carbonyl (C=O) groups excluding carboxylic acids is 1. The Morgan fingerprint density at radius 1 is 1.65 bits per heavy atom. The molecule has 0 aliphatic rings. The van der Waals surface area contributed by atoms with Crippen LogP contribution in [0.25, 0.3) is 0 Å². The Hall–Kier alpha value is -1.17. The van der Waals surface area contributed by atoms with Crippen molar-refractivity contribution in [3.8, 4) is 0 Å². The lowest BCUT2D eigenvalue weighted by atomic mass is 10.0. The number of hydrogen-bond acceptors (Lipinski definition) is 4. The van der Waals surface area contributed by atoms with E-state index in [2.05, 4.69) is 4.74 Å². The predicted molar refractivity (Wildman–Crippen MR) is 61.0 cm³/mol. The fraction of sp³-hybridized carbons (Fsp3) is 0.364. The lowest BCUT2D eigenvalue weighted by Crippen LogP contribution is -2.38. The van der Waals surface area contributed by atoms with Crippen LogP contribution in [0.1, 0.15) is 18.6 Å². The molecule has 4 nitrogen and oxygen atoms in total. The summed E-state index contributed by atoms with van der Waals surface area (Å²) in [7, 11) is 0. The van der Waals surface area contributed by atoms with Gasteiger partial charge in [-0.1, -0.05) is 23.7 Å². The number of aliphatic hydroxyl groups excluding tert-OH is 1. The summed E-state index contributed by atoms with van der Waals surface area (Å²) >= 11 is 5.56.